The number of rotatable bonds is 2. The lowest BCUT2D eigenvalue weighted by atomic mass is 9.81. The van der Waals surface area contributed by atoms with E-state index in [2.05, 4.69) is 10.2 Å². The van der Waals surface area contributed by atoms with Gasteiger partial charge >= 0.3 is 0 Å². The first-order valence-corrected chi connectivity index (χ1v) is 6.90. The maximum absolute atomic E-state index is 13.5. The molecule has 6 heteroatoms. The van der Waals surface area contributed by atoms with Crippen LogP contribution in [0, 0.1) is 22.9 Å². The van der Waals surface area contributed by atoms with Crippen molar-refractivity contribution in [3.8, 4) is 0 Å². The summed E-state index contributed by atoms with van der Waals surface area (Å²) in [4.78, 5) is 2.20. The zero-order chi connectivity index (χ0) is 14.9. The molecule has 0 aliphatic carbocycles. The number of nitrogens with one attached hydrogen (secondary N) is 1. The van der Waals surface area contributed by atoms with E-state index in [0.29, 0.717) is 5.56 Å². The molecule has 0 bridgehead atoms. The molecule has 0 amide bonds. The van der Waals surface area contributed by atoms with E-state index in [1.807, 2.05) is 20.8 Å². The van der Waals surface area contributed by atoms with Gasteiger partial charge in [0.25, 0.3) is 0 Å². The fourth-order valence-electron chi connectivity index (χ4n) is 2.93. The van der Waals surface area contributed by atoms with Crippen molar-refractivity contribution in [1.29, 1.82) is 0 Å². The van der Waals surface area contributed by atoms with Gasteiger partial charge in [-0.2, -0.15) is 0 Å². The third-order valence-electron chi connectivity index (χ3n) is 3.66. The largest absolute Gasteiger partial charge is 0.314 e. The molecule has 1 aliphatic heterocycles. The highest BCUT2D eigenvalue weighted by atomic mass is 35.5. The summed E-state index contributed by atoms with van der Waals surface area (Å²) in [6, 6.07) is 2.10. The first kappa shape index (κ1) is 18.3. The topological polar surface area (TPSA) is 15.3 Å². The fraction of sp³-hybridized carbons (Fsp3) is 0.600. The van der Waals surface area contributed by atoms with Crippen molar-refractivity contribution in [3.63, 3.8) is 0 Å². The number of hydrogen-bond acceptors (Lipinski definition) is 2. The predicted molar refractivity (Wildman–Crippen MR) is 80.2 cm³/mol. The van der Waals surface area contributed by atoms with Crippen LogP contribution in [-0.2, 0) is 0 Å². The summed E-state index contributed by atoms with van der Waals surface area (Å²) in [6.07, 6.45) is 0. The van der Waals surface area contributed by atoms with Crippen LogP contribution in [0.3, 0.4) is 0 Å². The molecular weight excluding hydrogens is 301 g/mol. The molecule has 0 radical (unpaired) electrons. The van der Waals surface area contributed by atoms with Crippen molar-refractivity contribution in [3.05, 3.63) is 35.1 Å². The third-order valence-corrected chi connectivity index (χ3v) is 3.66. The minimum atomic E-state index is -1.40. The summed E-state index contributed by atoms with van der Waals surface area (Å²) in [5.41, 5.74) is 0.296. The van der Waals surface area contributed by atoms with E-state index in [1.165, 1.54) is 0 Å². The first-order valence-electron chi connectivity index (χ1n) is 6.90. The van der Waals surface area contributed by atoms with E-state index >= 15 is 0 Å². The van der Waals surface area contributed by atoms with Crippen LogP contribution in [0.15, 0.2) is 12.1 Å². The van der Waals surface area contributed by atoms with Crippen molar-refractivity contribution in [2.45, 2.75) is 26.8 Å². The molecule has 0 aromatic heterocycles. The molecule has 1 aromatic rings. The first-order chi connectivity index (χ1) is 9.30. The Hall–Kier alpha value is -0.780. The van der Waals surface area contributed by atoms with E-state index in [1.54, 1.807) is 0 Å². The molecular formula is C15H22ClF3N2. The van der Waals surface area contributed by atoms with Gasteiger partial charge in [0.1, 0.15) is 0 Å². The number of hydrogen-bond donors (Lipinski definition) is 1. The lowest BCUT2D eigenvalue weighted by Gasteiger charge is -2.42. The van der Waals surface area contributed by atoms with Crippen molar-refractivity contribution in [2.24, 2.45) is 5.41 Å². The minimum absolute atomic E-state index is 0. The average molecular weight is 323 g/mol. The normalized spacial score (nSPS) is 18.2. The zero-order valence-electron chi connectivity index (χ0n) is 12.5. The van der Waals surface area contributed by atoms with Crippen LogP contribution in [0.1, 0.15) is 32.4 Å². The quantitative estimate of drug-likeness (QED) is 0.838. The average Bonchev–Trinajstić information content (AvgIpc) is 2.35. The van der Waals surface area contributed by atoms with Gasteiger partial charge in [0.15, 0.2) is 17.5 Å². The van der Waals surface area contributed by atoms with Crippen LogP contribution in [0.25, 0.3) is 0 Å². The maximum Gasteiger partial charge on any atom is 0.194 e. The van der Waals surface area contributed by atoms with Gasteiger partial charge in [-0.25, -0.2) is 13.2 Å². The minimum Gasteiger partial charge on any atom is -0.314 e. The molecule has 2 nitrogen and oxygen atoms in total. The van der Waals surface area contributed by atoms with Gasteiger partial charge in [-0.15, -0.1) is 12.4 Å². The molecule has 1 aliphatic rings. The molecule has 1 fully saturated rings. The van der Waals surface area contributed by atoms with Crippen molar-refractivity contribution in [2.75, 3.05) is 26.2 Å². The maximum atomic E-state index is 13.5. The summed E-state index contributed by atoms with van der Waals surface area (Å²) < 4.78 is 40.2. The highest BCUT2D eigenvalue weighted by molar-refractivity contribution is 5.85. The molecule has 0 spiro atoms. The van der Waals surface area contributed by atoms with Crippen LogP contribution in [0.5, 0.6) is 0 Å². The Kier molecular flexibility index (Phi) is 6.08. The van der Waals surface area contributed by atoms with Crippen molar-refractivity contribution in [1.82, 2.24) is 10.2 Å². The Bertz CT molecular complexity index is 459. The fourth-order valence-corrected chi connectivity index (χ4v) is 2.93. The third kappa shape index (κ3) is 4.11. The molecule has 120 valence electrons. The molecule has 2 rings (SSSR count). The van der Waals surface area contributed by atoms with Gasteiger partial charge in [-0.05, 0) is 23.1 Å². The van der Waals surface area contributed by atoms with Gasteiger partial charge in [0, 0.05) is 32.2 Å². The van der Waals surface area contributed by atoms with E-state index in [-0.39, 0.29) is 23.9 Å². The number of halogens is 4. The molecule has 1 aromatic carbocycles. The predicted octanol–water partition coefficient (Wildman–Crippen LogP) is 3.52. The van der Waals surface area contributed by atoms with Gasteiger partial charge < -0.3 is 5.32 Å². The Balaban J connectivity index is 0.00000220. The van der Waals surface area contributed by atoms with Crippen LogP contribution >= 0.6 is 12.4 Å². The van der Waals surface area contributed by atoms with E-state index in [0.717, 1.165) is 38.3 Å². The Morgan fingerprint density at radius 1 is 1.05 bits per heavy atom. The molecule has 1 atom stereocenters. The zero-order valence-corrected chi connectivity index (χ0v) is 13.4. The standard InChI is InChI=1S/C15H21F3N2.ClH/c1-15(2,3)14(20-6-4-19-5-7-20)10-8-11(16)13(18)12(17)9-10;/h8-9,14,19H,4-7H2,1-3H3;1H/t14-;/m0./s1. The van der Waals surface area contributed by atoms with Gasteiger partial charge in [-0.1, -0.05) is 20.8 Å². The number of piperazine rings is 1. The summed E-state index contributed by atoms with van der Waals surface area (Å²) >= 11 is 0. The van der Waals surface area contributed by atoms with E-state index < -0.39 is 17.5 Å². The van der Waals surface area contributed by atoms with Crippen LogP contribution in [0.2, 0.25) is 0 Å². The molecule has 21 heavy (non-hydrogen) atoms. The Morgan fingerprint density at radius 3 is 1.95 bits per heavy atom. The monoisotopic (exact) mass is 322 g/mol. The van der Waals surface area contributed by atoms with E-state index in [9.17, 15) is 13.2 Å². The van der Waals surface area contributed by atoms with Crippen LogP contribution in [-0.4, -0.2) is 31.1 Å². The molecule has 1 heterocycles. The Labute approximate surface area is 130 Å². The lowest BCUT2D eigenvalue weighted by Crippen LogP contribution is -2.48. The molecule has 0 saturated carbocycles. The summed E-state index contributed by atoms with van der Waals surface area (Å²) in [6.45, 7) is 9.39. The van der Waals surface area contributed by atoms with Gasteiger partial charge in [0.2, 0.25) is 0 Å². The van der Waals surface area contributed by atoms with Gasteiger partial charge in [-0.3, -0.25) is 4.90 Å². The summed E-state index contributed by atoms with van der Waals surface area (Å²) in [7, 11) is 0. The Morgan fingerprint density at radius 2 is 1.52 bits per heavy atom. The number of nitrogens with zero attached hydrogens (tertiary/aromatic N) is 1. The molecule has 1 N–H and O–H groups in total. The van der Waals surface area contributed by atoms with Crippen LogP contribution < -0.4 is 5.32 Å². The highest BCUT2D eigenvalue weighted by Crippen LogP contribution is 2.38. The number of benzene rings is 1. The second kappa shape index (κ2) is 6.99. The highest BCUT2D eigenvalue weighted by Gasteiger charge is 2.33. The van der Waals surface area contributed by atoms with Crippen molar-refractivity contribution < 1.29 is 13.2 Å². The SMILES string of the molecule is CC(C)(C)[C@H](c1cc(F)c(F)c(F)c1)N1CCNCC1.Cl. The molecule has 0 unspecified atom stereocenters. The van der Waals surface area contributed by atoms with Gasteiger partial charge in [0.05, 0.1) is 0 Å². The smallest absolute Gasteiger partial charge is 0.194 e. The van der Waals surface area contributed by atoms with Crippen molar-refractivity contribution >= 4 is 12.4 Å². The molecule has 1 saturated heterocycles. The van der Waals surface area contributed by atoms with Crippen LogP contribution in [0.4, 0.5) is 13.2 Å². The summed E-state index contributed by atoms with van der Waals surface area (Å²) in [5, 5.41) is 3.25. The second-order valence-electron chi connectivity index (χ2n) is 6.35. The second-order valence-corrected chi connectivity index (χ2v) is 6.35. The summed E-state index contributed by atoms with van der Waals surface area (Å²) in [5.74, 6) is -3.64. The lowest BCUT2D eigenvalue weighted by molar-refractivity contribution is 0.0856. The van der Waals surface area contributed by atoms with E-state index in [4.69, 9.17) is 0 Å².